The van der Waals surface area contributed by atoms with E-state index >= 15 is 0 Å². The molecule has 1 N–H and O–H groups in total. The zero-order valence-corrected chi connectivity index (χ0v) is 11.5. The first kappa shape index (κ1) is 14.7. The van der Waals surface area contributed by atoms with Crippen molar-refractivity contribution in [3.05, 3.63) is 33.6 Å². The topological polar surface area (TPSA) is 64.4 Å². The number of aryl methyl sites for hydroxylation is 1. The van der Waals surface area contributed by atoms with Gasteiger partial charge in [-0.3, -0.25) is 10.1 Å². The highest BCUT2D eigenvalue weighted by atomic mass is 19.1. The Morgan fingerprint density at radius 1 is 1.55 bits per heavy atom. The van der Waals surface area contributed by atoms with E-state index in [9.17, 15) is 14.5 Å². The van der Waals surface area contributed by atoms with Gasteiger partial charge in [-0.1, -0.05) is 0 Å². The van der Waals surface area contributed by atoms with Crippen LogP contribution in [0.25, 0.3) is 0 Å². The van der Waals surface area contributed by atoms with Gasteiger partial charge in [0.15, 0.2) is 5.75 Å². The quantitative estimate of drug-likeness (QED) is 0.666. The summed E-state index contributed by atoms with van der Waals surface area (Å²) in [5, 5.41) is 14.2. The monoisotopic (exact) mass is 282 g/mol. The number of benzene rings is 1. The molecule has 0 aliphatic carbocycles. The molecule has 1 aliphatic heterocycles. The molecular formula is C14H19FN2O3. The molecule has 0 spiro atoms. The van der Waals surface area contributed by atoms with Gasteiger partial charge in [-0.05, 0) is 56.8 Å². The maximum absolute atomic E-state index is 13.4. The van der Waals surface area contributed by atoms with Crippen molar-refractivity contribution >= 4 is 5.69 Å². The lowest BCUT2D eigenvalue weighted by atomic mass is 9.97. The Labute approximate surface area is 117 Å². The zero-order valence-electron chi connectivity index (χ0n) is 11.5. The minimum atomic E-state index is -0.611. The number of nitro groups is 1. The molecule has 6 heteroatoms. The lowest BCUT2D eigenvalue weighted by molar-refractivity contribution is -0.386. The zero-order chi connectivity index (χ0) is 14.5. The van der Waals surface area contributed by atoms with Crippen LogP contribution >= 0.6 is 0 Å². The van der Waals surface area contributed by atoms with Gasteiger partial charge < -0.3 is 10.1 Å². The lowest BCUT2D eigenvalue weighted by Gasteiger charge is -2.22. The molecule has 0 saturated carbocycles. The van der Waals surface area contributed by atoms with Crippen LogP contribution in [0.1, 0.15) is 24.8 Å². The molecule has 0 amide bonds. The van der Waals surface area contributed by atoms with Crippen LogP contribution in [0.15, 0.2) is 12.1 Å². The van der Waals surface area contributed by atoms with E-state index in [0.29, 0.717) is 18.1 Å². The van der Waals surface area contributed by atoms with Gasteiger partial charge in [-0.25, -0.2) is 4.39 Å². The van der Waals surface area contributed by atoms with E-state index in [1.54, 1.807) is 6.92 Å². The summed E-state index contributed by atoms with van der Waals surface area (Å²) in [7, 11) is 0. The van der Waals surface area contributed by atoms with E-state index in [4.69, 9.17) is 4.74 Å². The Morgan fingerprint density at radius 3 is 3.00 bits per heavy atom. The summed E-state index contributed by atoms with van der Waals surface area (Å²) in [5.41, 5.74) is 0.0415. The molecule has 0 bridgehead atoms. The van der Waals surface area contributed by atoms with Gasteiger partial charge in [-0.2, -0.15) is 0 Å². The van der Waals surface area contributed by atoms with Crippen molar-refractivity contribution in [2.75, 3.05) is 19.7 Å². The largest absolute Gasteiger partial charge is 0.487 e. The second-order valence-electron chi connectivity index (χ2n) is 5.18. The van der Waals surface area contributed by atoms with Gasteiger partial charge in [0.05, 0.1) is 17.6 Å². The summed E-state index contributed by atoms with van der Waals surface area (Å²) in [6, 6.07) is 2.32. The third-order valence-electron chi connectivity index (χ3n) is 3.62. The van der Waals surface area contributed by atoms with Crippen LogP contribution < -0.4 is 10.1 Å². The van der Waals surface area contributed by atoms with Crippen LogP contribution in [0.5, 0.6) is 5.75 Å². The fourth-order valence-electron chi connectivity index (χ4n) is 2.41. The molecule has 1 heterocycles. The van der Waals surface area contributed by atoms with Crippen molar-refractivity contribution in [1.82, 2.24) is 5.32 Å². The molecule has 0 radical (unpaired) electrons. The molecule has 1 aromatic carbocycles. The Hall–Kier alpha value is -1.69. The van der Waals surface area contributed by atoms with Gasteiger partial charge in [0.2, 0.25) is 0 Å². The van der Waals surface area contributed by atoms with Crippen LogP contribution in [-0.2, 0) is 0 Å². The smallest absolute Gasteiger partial charge is 0.313 e. The molecule has 1 unspecified atom stereocenters. The minimum Gasteiger partial charge on any atom is -0.487 e. The summed E-state index contributed by atoms with van der Waals surface area (Å²) in [6.45, 7) is 4.00. The summed E-state index contributed by atoms with van der Waals surface area (Å²) in [5.74, 6) is 0.113. The van der Waals surface area contributed by atoms with Gasteiger partial charge >= 0.3 is 5.69 Å². The highest BCUT2D eigenvalue weighted by Crippen LogP contribution is 2.30. The number of nitro benzene ring substituents is 1. The molecule has 20 heavy (non-hydrogen) atoms. The molecule has 1 aliphatic rings. The summed E-state index contributed by atoms with van der Waals surface area (Å²) < 4.78 is 18.9. The van der Waals surface area contributed by atoms with Gasteiger partial charge in [0, 0.05) is 0 Å². The van der Waals surface area contributed by atoms with Crippen LogP contribution in [-0.4, -0.2) is 24.6 Å². The lowest BCUT2D eigenvalue weighted by Crippen LogP contribution is -2.30. The van der Waals surface area contributed by atoms with Crippen LogP contribution in [0.3, 0.4) is 0 Å². The Balaban J connectivity index is 1.97. The van der Waals surface area contributed by atoms with Gasteiger partial charge in [0.1, 0.15) is 5.82 Å². The number of hydrogen-bond acceptors (Lipinski definition) is 4. The van der Waals surface area contributed by atoms with Crippen molar-refractivity contribution in [3.8, 4) is 5.75 Å². The summed E-state index contributed by atoms with van der Waals surface area (Å²) >= 11 is 0. The molecule has 0 aromatic heterocycles. The first-order chi connectivity index (χ1) is 9.58. The average molecular weight is 282 g/mol. The number of piperidine rings is 1. The number of nitrogens with one attached hydrogen (secondary N) is 1. The van der Waals surface area contributed by atoms with Gasteiger partial charge in [0.25, 0.3) is 0 Å². The van der Waals surface area contributed by atoms with Gasteiger partial charge in [-0.15, -0.1) is 0 Å². The average Bonchev–Trinajstić information content (AvgIpc) is 2.43. The normalized spacial score (nSPS) is 18.8. The third-order valence-corrected chi connectivity index (χ3v) is 3.62. The Morgan fingerprint density at radius 2 is 2.35 bits per heavy atom. The second kappa shape index (κ2) is 6.65. The number of rotatable bonds is 5. The van der Waals surface area contributed by atoms with Crippen LogP contribution in [0, 0.1) is 28.8 Å². The number of ether oxygens (including phenoxy) is 1. The summed E-state index contributed by atoms with van der Waals surface area (Å²) in [4.78, 5) is 10.3. The van der Waals surface area contributed by atoms with Crippen molar-refractivity contribution < 1.29 is 14.1 Å². The maximum atomic E-state index is 13.4. The van der Waals surface area contributed by atoms with Crippen LogP contribution in [0.2, 0.25) is 0 Å². The Kier molecular flexibility index (Phi) is 4.89. The second-order valence-corrected chi connectivity index (χ2v) is 5.18. The standard InChI is InChI=1S/C14H19FN2O3/c1-10-7-14(13(17(18)19)8-12(10)15)20-6-4-11-3-2-5-16-9-11/h7-8,11,16H,2-6,9H2,1H3. The van der Waals surface area contributed by atoms with E-state index < -0.39 is 10.7 Å². The SMILES string of the molecule is Cc1cc(OCCC2CCCNC2)c([N+](=O)[O-])cc1F. The van der Waals surface area contributed by atoms with Crippen molar-refractivity contribution in [3.63, 3.8) is 0 Å². The minimum absolute atomic E-state index is 0.151. The van der Waals surface area contributed by atoms with Crippen molar-refractivity contribution in [2.24, 2.45) is 5.92 Å². The fraction of sp³-hybridized carbons (Fsp3) is 0.571. The van der Waals surface area contributed by atoms with Crippen LogP contribution in [0.4, 0.5) is 10.1 Å². The van der Waals surface area contributed by atoms with Crippen molar-refractivity contribution in [1.29, 1.82) is 0 Å². The van der Waals surface area contributed by atoms with Crippen molar-refractivity contribution in [2.45, 2.75) is 26.2 Å². The van der Waals surface area contributed by atoms with E-state index in [0.717, 1.165) is 38.4 Å². The van der Waals surface area contributed by atoms with E-state index in [1.807, 2.05) is 0 Å². The molecule has 1 atom stereocenters. The van der Waals surface area contributed by atoms with E-state index in [1.165, 1.54) is 6.07 Å². The molecule has 1 saturated heterocycles. The number of hydrogen-bond donors (Lipinski definition) is 1. The molecule has 1 aromatic rings. The third kappa shape index (κ3) is 3.66. The molecule has 110 valence electrons. The molecule has 1 fully saturated rings. The Bertz CT molecular complexity index is 488. The van der Waals surface area contributed by atoms with E-state index in [2.05, 4.69) is 5.32 Å². The number of nitrogens with zero attached hydrogens (tertiary/aromatic N) is 1. The molecule has 5 nitrogen and oxygen atoms in total. The maximum Gasteiger partial charge on any atom is 0.313 e. The fourth-order valence-corrected chi connectivity index (χ4v) is 2.41. The highest BCUT2D eigenvalue weighted by molar-refractivity contribution is 5.48. The predicted molar refractivity (Wildman–Crippen MR) is 73.5 cm³/mol. The first-order valence-corrected chi connectivity index (χ1v) is 6.86. The summed E-state index contributed by atoms with van der Waals surface area (Å²) in [6.07, 6.45) is 3.15. The highest BCUT2D eigenvalue weighted by Gasteiger charge is 2.19. The number of halogens is 1. The molecular weight excluding hydrogens is 263 g/mol. The molecule has 2 rings (SSSR count). The first-order valence-electron chi connectivity index (χ1n) is 6.86. The predicted octanol–water partition coefficient (Wildman–Crippen LogP) is 2.81. The van der Waals surface area contributed by atoms with E-state index in [-0.39, 0.29) is 11.4 Å².